The van der Waals surface area contributed by atoms with Crippen LogP contribution in [-0.2, 0) is 19.6 Å². The Morgan fingerprint density at radius 1 is 0.795 bits per heavy atom. The van der Waals surface area contributed by atoms with Crippen LogP contribution in [0.4, 0.5) is 11.4 Å². The Morgan fingerprint density at radius 2 is 1.54 bits per heavy atom. The summed E-state index contributed by atoms with van der Waals surface area (Å²) in [5.74, 6) is -0.207. The molecule has 39 heavy (non-hydrogen) atoms. The summed E-state index contributed by atoms with van der Waals surface area (Å²) in [5, 5.41) is 2.95. The highest BCUT2D eigenvalue weighted by Crippen LogP contribution is 2.31. The lowest BCUT2D eigenvalue weighted by Gasteiger charge is -2.27. The second-order valence-electron chi connectivity index (χ2n) is 10.6. The predicted molar refractivity (Wildman–Crippen MR) is 155 cm³/mol. The van der Waals surface area contributed by atoms with Crippen molar-refractivity contribution < 1.29 is 9.59 Å². The molecule has 0 spiro atoms. The zero-order chi connectivity index (χ0) is 26.8. The highest BCUT2D eigenvalue weighted by molar-refractivity contribution is 6.08. The van der Waals surface area contributed by atoms with Crippen molar-refractivity contribution in [1.29, 1.82) is 0 Å². The van der Waals surface area contributed by atoms with Crippen molar-refractivity contribution in [1.82, 2.24) is 9.47 Å². The number of fused-ring (bicyclic) bond motifs is 2. The van der Waals surface area contributed by atoms with Crippen LogP contribution in [0.15, 0.2) is 84.9 Å². The van der Waals surface area contributed by atoms with Crippen molar-refractivity contribution >= 4 is 23.2 Å². The molecule has 0 atom stereocenters. The molecule has 1 saturated heterocycles. The molecule has 0 saturated carbocycles. The molecule has 0 radical (unpaired) electrons. The van der Waals surface area contributed by atoms with E-state index >= 15 is 0 Å². The summed E-state index contributed by atoms with van der Waals surface area (Å²) in [5.41, 5.74) is 7.36. The Hall–Kier alpha value is -4.16. The number of rotatable bonds is 5. The van der Waals surface area contributed by atoms with Gasteiger partial charge in [0.05, 0.1) is 6.54 Å². The number of carbonyl (C=O) groups is 2. The van der Waals surface area contributed by atoms with Gasteiger partial charge in [-0.1, -0.05) is 42.8 Å². The molecule has 2 aliphatic rings. The minimum atomic E-state index is -0.158. The standard InChI is InChI=1S/C33H34N4O2/c1-24-9-3-5-11-30(24)32(38)34-27-15-13-25(14-16-27)33(39)37-23-29-18-17-28(22-35-19-7-2-8-20-35)36(29)21-26-10-4-6-12-31(26)37/h3-6,9-18H,2,7-8,19-23H2,1H3,(H,34,38). The number of hydrogen-bond acceptors (Lipinski definition) is 3. The molecule has 6 nitrogen and oxygen atoms in total. The van der Waals surface area contributed by atoms with Gasteiger partial charge in [0.2, 0.25) is 0 Å². The summed E-state index contributed by atoms with van der Waals surface area (Å²) in [4.78, 5) is 31.0. The Morgan fingerprint density at radius 3 is 2.33 bits per heavy atom. The van der Waals surface area contributed by atoms with Crippen molar-refractivity contribution in [2.75, 3.05) is 23.3 Å². The fourth-order valence-corrected chi connectivity index (χ4v) is 5.77. The lowest BCUT2D eigenvalue weighted by Crippen LogP contribution is -2.31. The monoisotopic (exact) mass is 518 g/mol. The van der Waals surface area contributed by atoms with E-state index in [1.807, 2.05) is 54.3 Å². The molecule has 0 bridgehead atoms. The SMILES string of the molecule is Cc1ccccc1C(=O)Nc1ccc(C(=O)N2Cc3ccc(CN4CCCCC4)n3Cc3ccccc32)cc1. The Labute approximate surface area is 229 Å². The summed E-state index contributed by atoms with van der Waals surface area (Å²) >= 11 is 0. The number of amides is 2. The number of hydrogen-bond donors (Lipinski definition) is 1. The summed E-state index contributed by atoms with van der Waals surface area (Å²) in [7, 11) is 0. The maximum atomic E-state index is 13.9. The zero-order valence-corrected chi connectivity index (χ0v) is 22.4. The van der Waals surface area contributed by atoms with E-state index in [0.717, 1.165) is 48.7 Å². The van der Waals surface area contributed by atoms with E-state index in [1.165, 1.54) is 25.0 Å². The molecule has 4 aromatic rings. The van der Waals surface area contributed by atoms with Crippen LogP contribution >= 0.6 is 0 Å². The highest BCUT2D eigenvalue weighted by atomic mass is 16.2. The van der Waals surface area contributed by atoms with Crippen LogP contribution in [0, 0.1) is 6.92 Å². The smallest absolute Gasteiger partial charge is 0.258 e. The third-order valence-electron chi connectivity index (χ3n) is 7.95. The quantitative estimate of drug-likeness (QED) is 0.340. The molecular weight excluding hydrogens is 484 g/mol. The minimum Gasteiger partial charge on any atom is -0.341 e. The van der Waals surface area contributed by atoms with Crippen LogP contribution in [0.3, 0.4) is 0 Å². The first-order valence-corrected chi connectivity index (χ1v) is 13.8. The molecule has 3 aromatic carbocycles. The highest BCUT2D eigenvalue weighted by Gasteiger charge is 2.26. The van der Waals surface area contributed by atoms with E-state index < -0.39 is 0 Å². The van der Waals surface area contributed by atoms with Crippen LogP contribution in [0.25, 0.3) is 0 Å². The molecule has 2 aliphatic heterocycles. The lowest BCUT2D eigenvalue weighted by molar-refractivity contribution is 0.0983. The van der Waals surface area contributed by atoms with Gasteiger partial charge < -0.3 is 14.8 Å². The number of likely N-dealkylation sites (tertiary alicyclic amines) is 1. The average Bonchev–Trinajstić information content (AvgIpc) is 3.24. The molecule has 2 amide bonds. The van der Waals surface area contributed by atoms with Crippen LogP contribution in [0.2, 0.25) is 0 Å². The van der Waals surface area contributed by atoms with Gasteiger partial charge in [0, 0.05) is 47.0 Å². The van der Waals surface area contributed by atoms with Crippen LogP contribution < -0.4 is 10.2 Å². The molecule has 0 unspecified atom stereocenters. The van der Waals surface area contributed by atoms with E-state index in [4.69, 9.17) is 0 Å². The van der Waals surface area contributed by atoms with Crippen molar-refractivity contribution in [3.63, 3.8) is 0 Å². The van der Waals surface area contributed by atoms with Crippen LogP contribution in [0.1, 0.15) is 62.5 Å². The van der Waals surface area contributed by atoms with Crippen molar-refractivity contribution in [3.05, 3.63) is 119 Å². The summed E-state index contributed by atoms with van der Waals surface area (Å²) < 4.78 is 2.39. The second-order valence-corrected chi connectivity index (χ2v) is 10.6. The predicted octanol–water partition coefficient (Wildman–Crippen LogP) is 6.24. The van der Waals surface area contributed by atoms with Gasteiger partial charge in [0.25, 0.3) is 11.8 Å². The fraction of sp³-hybridized carbons (Fsp3) is 0.273. The first-order chi connectivity index (χ1) is 19.1. The number of benzene rings is 3. The number of anilines is 2. The van der Waals surface area contributed by atoms with Crippen molar-refractivity contribution in [2.24, 2.45) is 0 Å². The van der Waals surface area contributed by atoms with Crippen molar-refractivity contribution in [3.8, 4) is 0 Å². The molecule has 6 heteroatoms. The van der Waals surface area contributed by atoms with E-state index in [9.17, 15) is 9.59 Å². The van der Waals surface area contributed by atoms with Crippen LogP contribution in [-0.4, -0.2) is 34.4 Å². The Kier molecular flexibility index (Phi) is 7.03. The molecule has 1 fully saturated rings. The number of carbonyl (C=O) groups excluding carboxylic acids is 2. The fourth-order valence-electron chi connectivity index (χ4n) is 5.77. The van der Waals surface area contributed by atoms with Gasteiger partial charge in [-0.05, 0) is 92.5 Å². The van der Waals surface area contributed by atoms with Crippen LogP contribution in [0.5, 0.6) is 0 Å². The molecule has 0 aliphatic carbocycles. The maximum absolute atomic E-state index is 13.9. The molecule has 198 valence electrons. The summed E-state index contributed by atoms with van der Waals surface area (Å²) in [6, 6.07) is 27.3. The number of para-hydroxylation sites is 1. The van der Waals surface area contributed by atoms with Gasteiger partial charge in [-0.2, -0.15) is 0 Å². The largest absolute Gasteiger partial charge is 0.341 e. The summed E-state index contributed by atoms with van der Waals surface area (Å²) in [6.07, 6.45) is 3.87. The molecule has 1 aromatic heterocycles. The summed E-state index contributed by atoms with van der Waals surface area (Å²) in [6.45, 7) is 6.46. The molecule has 1 N–H and O–H groups in total. The minimum absolute atomic E-state index is 0.0496. The Bertz CT molecular complexity index is 1500. The zero-order valence-electron chi connectivity index (χ0n) is 22.4. The van der Waals surface area contributed by atoms with Gasteiger partial charge >= 0.3 is 0 Å². The Balaban J connectivity index is 1.23. The van der Waals surface area contributed by atoms with Gasteiger partial charge in [0.15, 0.2) is 0 Å². The third-order valence-corrected chi connectivity index (χ3v) is 7.95. The third kappa shape index (κ3) is 5.25. The van der Waals surface area contributed by atoms with Crippen molar-refractivity contribution in [2.45, 2.75) is 45.8 Å². The van der Waals surface area contributed by atoms with Gasteiger partial charge in [-0.25, -0.2) is 0 Å². The topological polar surface area (TPSA) is 57.6 Å². The van der Waals surface area contributed by atoms with Gasteiger partial charge in [0.1, 0.15) is 0 Å². The first-order valence-electron chi connectivity index (χ1n) is 13.8. The molecule has 6 rings (SSSR count). The van der Waals surface area contributed by atoms with Gasteiger partial charge in [-0.3, -0.25) is 14.5 Å². The normalized spacial score (nSPS) is 15.3. The number of aryl methyl sites for hydroxylation is 1. The average molecular weight is 519 g/mol. The molecular formula is C33H34N4O2. The van der Waals surface area contributed by atoms with Gasteiger partial charge in [-0.15, -0.1) is 0 Å². The number of piperidine rings is 1. The molecule has 3 heterocycles. The first kappa shape index (κ1) is 25.1. The van der Waals surface area contributed by atoms with E-state index in [2.05, 4.69) is 33.0 Å². The maximum Gasteiger partial charge on any atom is 0.258 e. The number of aromatic nitrogens is 1. The number of nitrogens with one attached hydrogen (secondary N) is 1. The number of nitrogens with zero attached hydrogens (tertiary/aromatic N) is 3. The van der Waals surface area contributed by atoms with E-state index in [0.29, 0.717) is 23.4 Å². The second kappa shape index (κ2) is 10.9. The van der Waals surface area contributed by atoms with E-state index in [1.54, 1.807) is 24.3 Å². The lowest BCUT2D eigenvalue weighted by atomic mass is 10.1. The van der Waals surface area contributed by atoms with E-state index in [-0.39, 0.29) is 11.8 Å².